The standard InChI is InChI=1S/C14H12ClFN2O2/c1-8(9-4-2-3-5-11(9)15)18-13-6-12(16)10(7-17-13)14(19)20/h2-8H,1H3,(H,17,18)(H,19,20). The average molecular weight is 295 g/mol. The van der Waals surface area contributed by atoms with Gasteiger partial charge in [-0.15, -0.1) is 0 Å². The summed E-state index contributed by atoms with van der Waals surface area (Å²) in [6, 6.07) is 8.14. The van der Waals surface area contributed by atoms with E-state index < -0.39 is 17.3 Å². The summed E-state index contributed by atoms with van der Waals surface area (Å²) < 4.78 is 13.5. The maximum atomic E-state index is 13.5. The zero-order valence-corrected chi connectivity index (χ0v) is 11.4. The number of carbonyl (C=O) groups is 1. The Bertz CT molecular complexity index is 649. The second kappa shape index (κ2) is 5.88. The minimum atomic E-state index is -1.35. The van der Waals surface area contributed by atoms with Gasteiger partial charge in [0.25, 0.3) is 0 Å². The molecule has 0 bridgehead atoms. The maximum absolute atomic E-state index is 13.5. The molecule has 0 aliphatic carbocycles. The quantitative estimate of drug-likeness (QED) is 0.901. The van der Waals surface area contributed by atoms with Gasteiger partial charge in [0.05, 0.1) is 6.04 Å². The van der Waals surface area contributed by atoms with Crippen LogP contribution >= 0.6 is 11.6 Å². The van der Waals surface area contributed by atoms with Crippen LogP contribution in [0.4, 0.5) is 10.2 Å². The molecule has 0 amide bonds. The molecule has 1 aromatic carbocycles. The van der Waals surface area contributed by atoms with E-state index in [9.17, 15) is 9.18 Å². The van der Waals surface area contributed by atoms with Crippen molar-refractivity contribution in [1.29, 1.82) is 0 Å². The van der Waals surface area contributed by atoms with Gasteiger partial charge in [-0.1, -0.05) is 29.8 Å². The molecule has 2 N–H and O–H groups in total. The topological polar surface area (TPSA) is 62.2 Å². The first-order valence-electron chi connectivity index (χ1n) is 5.89. The van der Waals surface area contributed by atoms with Gasteiger partial charge in [0.1, 0.15) is 17.2 Å². The molecule has 0 radical (unpaired) electrons. The average Bonchev–Trinajstić information content (AvgIpc) is 2.38. The lowest BCUT2D eigenvalue weighted by Gasteiger charge is -2.16. The second-order valence-electron chi connectivity index (χ2n) is 4.24. The van der Waals surface area contributed by atoms with Crippen LogP contribution in [0.5, 0.6) is 0 Å². The number of aromatic nitrogens is 1. The van der Waals surface area contributed by atoms with Crippen LogP contribution in [0, 0.1) is 5.82 Å². The lowest BCUT2D eigenvalue weighted by Crippen LogP contribution is -2.10. The van der Waals surface area contributed by atoms with Crippen LogP contribution in [0.2, 0.25) is 5.02 Å². The number of aromatic carboxylic acids is 1. The largest absolute Gasteiger partial charge is 0.478 e. The molecule has 0 saturated carbocycles. The molecule has 104 valence electrons. The van der Waals surface area contributed by atoms with Crippen molar-refractivity contribution in [3.05, 3.63) is 58.5 Å². The minimum Gasteiger partial charge on any atom is -0.478 e. The first-order valence-corrected chi connectivity index (χ1v) is 6.26. The third kappa shape index (κ3) is 3.05. The fourth-order valence-corrected chi connectivity index (χ4v) is 2.09. The Balaban J connectivity index is 2.20. The van der Waals surface area contributed by atoms with Crippen LogP contribution in [0.1, 0.15) is 28.9 Å². The highest BCUT2D eigenvalue weighted by molar-refractivity contribution is 6.31. The summed E-state index contributed by atoms with van der Waals surface area (Å²) in [6.45, 7) is 1.85. The number of rotatable bonds is 4. The van der Waals surface area contributed by atoms with E-state index in [4.69, 9.17) is 16.7 Å². The van der Waals surface area contributed by atoms with Crippen LogP contribution in [0.3, 0.4) is 0 Å². The van der Waals surface area contributed by atoms with E-state index in [1.165, 1.54) is 0 Å². The molecule has 1 unspecified atom stereocenters. The molecule has 0 aliphatic heterocycles. The highest BCUT2D eigenvalue weighted by Crippen LogP contribution is 2.25. The smallest absolute Gasteiger partial charge is 0.340 e. The van der Waals surface area contributed by atoms with E-state index in [1.54, 1.807) is 6.07 Å². The Morgan fingerprint density at radius 3 is 2.75 bits per heavy atom. The third-order valence-electron chi connectivity index (χ3n) is 2.82. The SMILES string of the molecule is CC(Nc1cc(F)c(C(=O)O)cn1)c1ccccc1Cl. The molecule has 0 saturated heterocycles. The molecule has 1 atom stereocenters. The number of anilines is 1. The van der Waals surface area contributed by atoms with E-state index in [-0.39, 0.29) is 11.9 Å². The van der Waals surface area contributed by atoms with Crippen molar-refractivity contribution in [2.45, 2.75) is 13.0 Å². The monoisotopic (exact) mass is 294 g/mol. The fraction of sp³-hybridized carbons (Fsp3) is 0.143. The Morgan fingerprint density at radius 1 is 1.45 bits per heavy atom. The van der Waals surface area contributed by atoms with E-state index in [2.05, 4.69) is 10.3 Å². The van der Waals surface area contributed by atoms with Gasteiger partial charge in [0.15, 0.2) is 0 Å². The molecule has 20 heavy (non-hydrogen) atoms. The first-order chi connectivity index (χ1) is 9.49. The molecule has 2 rings (SSSR count). The molecule has 6 heteroatoms. The van der Waals surface area contributed by atoms with Gasteiger partial charge in [0.2, 0.25) is 0 Å². The summed E-state index contributed by atoms with van der Waals surface area (Å²) in [5, 5.41) is 12.3. The highest BCUT2D eigenvalue weighted by atomic mass is 35.5. The summed E-state index contributed by atoms with van der Waals surface area (Å²) in [4.78, 5) is 14.6. The molecular weight excluding hydrogens is 283 g/mol. The van der Waals surface area contributed by atoms with Crippen LogP contribution in [0.15, 0.2) is 36.5 Å². The van der Waals surface area contributed by atoms with Gasteiger partial charge < -0.3 is 10.4 Å². The number of nitrogens with zero attached hydrogens (tertiary/aromatic N) is 1. The number of carboxylic acid groups (broad SMARTS) is 1. The molecular formula is C14H12ClFN2O2. The normalized spacial score (nSPS) is 11.9. The molecule has 0 fully saturated rings. The van der Waals surface area contributed by atoms with Gasteiger partial charge in [-0.25, -0.2) is 14.2 Å². The van der Waals surface area contributed by atoms with Crippen molar-refractivity contribution >= 4 is 23.4 Å². The summed E-state index contributed by atoms with van der Waals surface area (Å²) in [5.74, 6) is -1.93. The predicted molar refractivity (Wildman–Crippen MR) is 74.6 cm³/mol. The lowest BCUT2D eigenvalue weighted by atomic mass is 10.1. The van der Waals surface area contributed by atoms with Gasteiger partial charge in [-0.3, -0.25) is 0 Å². The van der Waals surface area contributed by atoms with Crippen molar-refractivity contribution in [2.75, 3.05) is 5.32 Å². The molecule has 4 nitrogen and oxygen atoms in total. The second-order valence-corrected chi connectivity index (χ2v) is 4.65. The van der Waals surface area contributed by atoms with E-state index >= 15 is 0 Å². The maximum Gasteiger partial charge on any atom is 0.340 e. The van der Waals surface area contributed by atoms with E-state index in [1.807, 2.05) is 25.1 Å². The molecule has 1 heterocycles. The number of halogens is 2. The Morgan fingerprint density at radius 2 is 2.15 bits per heavy atom. The van der Waals surface area contributed by atoms with Gasteiger partial charge in [-0.05, 0) is 18.6 Å². The third-order valence-corrected chi connectivity index (χ3v) is 3.16. The van der Waals surface area contributed by atoms with Crippen molar-refractivity contribution in [3.63, 3.8) is 0 Å². The van der Waals surface area contributed by atoms with Gasteiger partial charge in [0, 0.05) is 17.3 Å². The fourth-order valence-electron chi connectivity index (χ4n) is 1.79. The minimum absolute atomic E-state index is 0.189. The Kier molecular flexibility index (Phi) is 4.20. The summed E-state index contributed by atoms with van der Waals surface area (Å²) in [7, 11) is 0. The van der Waals surface area contributed by atoms with Crippen LogP contribution in [-0.4, -0.2) is 16.1 Å². The highest BCUT2D eigenvalue weighted by Gasteiger charge is 2.14. The molecule has 1 aromatic heterocycles. The summed E-state index contributed by atoms with van der Waals surface area (Å²) in [5.41, 5.74) is 0.389. The number of carboxylic acids is 1. The summed E-state index contributed by atoms with van der Waals surface area (Å²) >= 11 is 6.07. The molecule has 2 aromatic rings. The summed E-state index contributed by atoms with van der Waals surface area (Å²) in [6.07, 6.45) is 0.985. The number of hydrogen-bond donors (Lipinski definition) is 2. The zero-order chi connectivity index (χ0) is 14.7. The van der Waals surface area contributed by atoms with Gasteiger partial charge >= 0.3 is 5.97 Å². The number of pyridine rings is 1. The first kappa shape index (κ1) is 14.3. The van der Waals surface area contributed by atoms with Crippen LogP contribution in [-0.2, 0) is 0 Å². The number of hydrogen-bond acceptors (Lipinski definition) is 3. The van der Waals surface area contributed by atoms with Crippen molar-refractivity contribution in [1.82, 2.24) is 4.98 Å². The molecule has 0 spiro atoms. The van der Waals surface area contributed by atoms with Gasteiger partial charge in [-0.2, -0.15) is 0 Å². The van der Waals surface area contributed by atoms with Crippen LogP contribution in [0.25, 0.3) is 0 Å². The van der Waals surface area contributed by atoms with E-state index in [0.717, 1.165) is 17.8 Å². The Labute approximate surface area is 120 Å². The Hall–Kier alpha value is -2.14. The van der Waals surface area contributed by atoms with E-state index in [0.29, 0.717) is 5.02 Å². The van der Waals surface area contributed by atoms with Crippen molar-refractivity contribution in [3.8, 4) is 0 Å². The number of benzene rings is 1. The van der Waals surface area contributed by atoms with Crippen molar-refractivity contribution < 1.29 is 14.3 Å². The lowest BCUT2D eigenvalue weighted by molar-refractivity contribution is 0.0691. The number of nitrogens with one attached hydrogen (secondary N) is 1. The predicted octanol–water partition coefficient (Wildman–Crippen LogP) is 3.75. The van der Waals surface area contributed by atoms with Crippen LogP contribution < -0.4 is 5.32 Å². The molecule has 0 aliphatic rings. The van der Waals surface area contributed by atoms with Crippen molar-refractivity contribution in [2.24, 2.45) is 0 Å². The zero-order valence-electron chi connectivity index (χ0n) is 10.6.